The smallest absolute Gasteiger partial charge is 0.321 e. The van der Waals surface area contributed by atoms with Crippen molar-refractivity contribution in [3.63, 3.8) is 0 Å². The van der Waals surface area contributed by atoms with Gasteiger partial charge in [0.1, 0.15) is 5.82 Å². The van der Waals surface area contributed by atoms with Crippen LogP contribution in [0.3, 0.4) is 0 Å². The van der Waals surface area contributed by atoms with E-state index in [2.05, 4.69) is 5.32 Å². The summed E-state index contributed by atoms with van der Waals surface area (Å²) < 4.78 is 13.5. The van der Waals surface area contributed by atoms with Crippen molar-refractivity contribution in [3.05, 3.63) is 30.1 Å². The lowest BCUT2D eigenvalue weighted by Crippen LogP contribution is -2.41. The number of nitrogens with one attached hydrogen (secondary N) is 1. The van der Waals surface area contributed by atoms with E-state index in [4.69, 9.17) is 5.11 Å². The molecule has 1 aromatic rings. The van der Waals surface area contributed by atoms with Crippen molar-refractivity contribution >= 4 is 17.7 Å². The van der Waals surface area contributed by atoms with Crippen LogP contribution in [0.5, 0.6) is 0 Å². The van der Waals surface area contributed by atoms with Gasteiger partial charge in [-0.25, -0.2) is 9.18 Å². The van der Waals surface area contributed by atoms with Gasteiger partial charge in [-0.3, -0.25) is 9.69 Å². The molecule has 0 atom stereocenters. The number of anilines is 1. The van der Waals surface area contributed by atoms with E-state index in [0.29, 0.717) is 6.54 Å². The molecule has 0 spiro atoms. The molecule has 5 nitrogen and oxygen atoms in total. The fraction of sp³-hybridized carbons (Fsp3) is 0.333. The van der Waals surface area contributed by atoms with E-state index in [1.807, 2.05) is 0 Å². The molecule has 1 rings (SSSR count). The van der Waals surface area contributed by atoms with E-state index < -0.39 is 17.8 Å². The maximum atomic E-state index is 13.5. The molecular weight excluding hydrogens is 239 g/mol. The van der Waals surface area contributed by atoms with Gasteiger partial charge in [-0.2, -0.15) is 0 Å². The van der Waals surface area contributed by atoms with Crippen LogP contribution in [0, 0.1) is 5.82 Å². The second-order valence-electron chi connectivity index (χ2n) is 3.57. The van der Waals surface area contributed by atoms with Crippen LogP contribution in [-0.2, 0) is 4.79 Å². The first-order chi connectivity index (χ1) is 8.56. The Labute approximate surface area is 104 Å². The molecule has 0 saturated heterocycles. The Kier molecular flexibility index (Phi) is 5.10. The number of hydrogen-bond acceptors (Lipinski definition) is 2. The molecule has 0 fully saturated rings. The highest BCUT2D eigenvalue weighted by Gasteiger charge is 2.16. The Morgan fingerprint density at radius 3 is 2.61 bits per heavy atom. The lowest BCUT2D eigenvalue weighted by Gasteiger charge is -2.21. The van der Waals surface area contributed by atoms with Crippen molar-refractivity contribution in [1.29, 1.82) is 0 Å². The van der Waals surface area contributed by atoms with Gasteiger partial charge in [0.25, 0.3) is 0 Å². The van der Waals surface area contributed by atoms with E-state index in [1.165, 1.54) is 23.1 Å². The summed E-state index contributed by atoms with van der Waals surface area (Å²) in [5.74, 6) is -1.49. The molecule has 0 aromatic heterocycles. The van der Waals surface area contributed by atoms with Gasteiger partial charge >= 0.3 is 12.0 Å². The summed E-state index contributed by atoms with van der Waals surface area (Å²) in [4.78, 5) is 23.3. The minimum atomic E-state index is -0.996. The third-order valence-corrected chi connectivity index (χ3v) is 2.32. The minimum Gasteiger partial charge on any atom is -0.481 e. The van der Waals surface area contributed by atoms with E-state index in [9.17, 15) is 14.0 Å². The third-order valence-electron chi connectivity index (χ3n) is 2.32. The number of rotatable bonds is 5. The predicted molar refractivity (Wildman–Crippen MR) is 65.1 cm³/mol. The van der Waals surface area contributed by atoms with E-state index in [-0.39, 0.29) is 18.7 Å². The summed E-state index contributed by atoms with van der Waals surface area (Å²) in [5.41, 5.74) is 0.174. The topological polar surface area (TPSA) is 69.6 Å². The van der Waals surface area contributed by atoms with E-state index >= 15 is 0 Å². The zero-order chi connectivity index (χ0) is 13.5. The van der Waals surface area contributed by atoms with Gasteiger partial charge in [-0.15, -0.1) is 0 Å². The van der Waals surface area contributed by atoms with Crippen LogP contribution in [0.25, 0.3) is 0 Å². The molecule has 0 aliphatic carbocycles. The molecule has 98 valence electrons. The summed E-state index contributed by atoms with van der Waals surface area (Å²) in [7, 11) is 0. The first kappa shape index (κ1) is 14.0. The normalized spacial score (nSPS) is 9.89. The molecule has 6 heteroatoms. The van der Waals surface area contributed by atoms with Crippen molar-refractivity contribution < 1.29 is 19.1 Å². The maximum Gasteiger partial charge on any atom is 0.321 e. The maximum absolute atomic E-state index is 13.5. The number of carboxylic acids is 1. The zero-order valence-electron chi connectivity index (χ0n) is 10.0. The van der Waals surface area contributed by atoms with Gasteiger partial charge in [0.15, 0.2) is 0 Å². The average Bonchev–Trinajstić information content (AvgIpc) is 2.32. The van der Waals surface area contributed by atoms with Gasteiger partial charge in [-0.1, -0.05) is 12.1 Å². The van der Waals surface area contributed by atoms with Crippen molar-refractivity contribution in [2.24, 2.45) is 0 Å². The number of amides is 2. The van der Waals surface area contributed by atoms with Crippen LogP contribution < -0.4 is 10.2 Å². The third kappa shape index (κ3) is 3.73. The second-order valence-corrected chi connectivity index (χ2v) is 3.57. The Hall–Kier alpha value is -2.11. The summed E-state index contributed by atoms with van der Waals surface area (Å²) in [5, 5.41) is 10.9. The average molecular weight is 254 g/mol. The fourth-order valence-corrected chi connectivity index (χ4v) is 1.47. The Morgan fingerprint density at radius 2 is 2.06 bits per heavy atom. The summed E-state index contributed by atoms with van der Waals surface area (Å²) in [6.45, 7) is 2.02. The first-order valence-electron chi connectivity index (χ1n) is 5.58. The Morgan fingerprint density at radius 1 is 1.39 bits per heavy atom. The number of aliphatic carboxylic acids is 1. The number of benzene rings is 1. The highest BCUT2D eigenvalue weighted by atomic mass is 19.1. The number of hydrogen-bond donors (Lipinski definition) is 2. The Balaban J connectivity index is 2.69. The number of carboxylic acid groups (broad SMARTS) is 1. The minimum absolute atomic E-state index is 0.0130. The standard InChI is InChI=1S/C12H15FN2O3/c1-2-15(10-6-4-3-5-9(10)13)12(18)14-8-7-11(16)17/h3-6H,2,7-8H2,1H3,(H,14,18)(H,16,17). The van der Waals surface area contributed by atoms with Crippen LogP contribution in [0.4, 0.5) is 14.9 Å². The van der Waals surface area contributed by atoms with Crippen LogP contribution in [-0.4, -0.2) is 30.2 Å². The van der Waals surface area contributed by atoms with E-state index in [0.717, 1.165) is 0 Å². The SMILES string of the molecule is CCN(C(=O)NCCC(=O)O)c1ccccc1F. The van der Waals surface area contributed by atoms with Gasteiger partial charge in [0.2, 0.25) is 0 Å². The Bertz CT molecular complexity index is 437. The van der Waals surface area contributed by atoms with Crippen LogP contribution >= 0.6 is 0 Å². The van der Waals surface area contributed by atoms with E-state index in [1.54, 1.807) is 13.0 Å². The lowest BCUT2D eigenvalue weighted by molar-refractivity contribution is -0.136. The highest BCUT2D eigenvalue weighted by Crippen LogP contribution is 2.18. The number of halogens is 1. The van der Waals surface area contributed by atoms with Crippen molar-refractivity contribution in [2.45, 2.75) is 13.3 Å². The van der Waals surface area contributed by atoms with Crippen LogP contribution in [0.1, 0.15) is 13.3 Å². The molecule has 0 saturated carbocycles. The number of urea groups is 1. The second kappa shape index (κ2) is 6.58. The van der Waals surface area contributed by atoms with Gasteiger partial charge in [0, 0.05) is 13.1 Å². The molecule has 1 aromatic carbocycles. The van der Waals surface area contributed by atoms with Crippen molar-refractivity contribution in [1.82, 2.24) is 5.32 Å². The first-order valence-corrected chi connectivity index (χ1v) is 5.58. The molecule has 0 heterocycles. The van der Waals surface area contributed by atoms with Crippen molar-refractivity contribution in [2.75, 3.05) is 18.0 Å². The molecule has 0 radical (unpaired) electrons. The van der Waals surface area contributed by atoms with Gasteiger partial charge < -0.3 is 10.4 Å². The molecule has 0 aliphatic rings. The summed E-state index contributed by atoms with van der Waals surface area (Å²) >= 11 is 0. The lowest BCUT2D eigenvalue weighted by atomic mass is 10.3. The van der Waals surface area contributed by atoms with Crippen molar-refractivity contribution in [3.8, 4) is 0 Å². The molecule has 0 bridgehead atoms. The number of nitrogens with zero attached hydrogens (tertiary/aromatic N) is 1. The summed E-state index contributed by atoms with van der Waals surface area (Å²) in [6, 6.07) is 5.42. The zero-order valence-corrected chi connectivity index (χ0v) is 10.0. The predicted octanol–water partition coefficient (Wildman–Crippen LogP) is 1.84. The molecular formula is C12H15FN2O3. The number of para-hydroxylation sites is 1. The quantitative estimate of drug-likeness (QED) is 0.842. The van der Waals surface area contributed by atoms with Crippen LogP contribution in [0.15, 0.2) is 24.3 Å². The number of carbonyl (C=O) groups excluding carboxylic acids is 1. The van der Waals surface area contributed by atoms with Gasteiger partial charge in [-0.05, 0) is 19.1 Å². The largest absolute Gasteiger partial charge is 0.481 e. The summed E-state index contributed by atoms with van der Waals surface area (Å²) in [6.07, 6.45) is -0.166. The molecule has 0 aliphatic heterocycles. The molecule has 18 heavy (non-hydrogen) atoms. The fourth-order valence-electron chi connectivity index (χ4n) is 1.47. The highest BCUT2D eigenvalue weighted by molar-refractivity contribution is 5.92. The molecule has 0 unspecified atom stereocenters. The molecule has 2 amide bonds. The number of carbonyl (C=O) groups is 2. The monoisotopic (exact) mass is 254 g/mol. The molecule has 2 N–H and O–H groups in total. The van der Waals surface area contributed by atoms with Gasteiger partial charge in [0.05, 0.1) is 12.1 Å². The van der Waals surface area contributed by atoms with Crippen LogP contribution in [0.2, 0.25) is 0 Å².